The number of carbonyl (C=O) groups is 1. The highest BCUT2D eigenvalue weighted by Gasteiger charge is 2.54. The van der Waals surface area contributed by atoms with Crippen LogP contribution in [-0.4, -0.2) is 36.7 Å². The number of sulfonamides is 1. The van der Waals surface area contributed by atoms with Gasteiger partial charge in [0.15, 0.2) is 0 Å². The molecular formula is C27H19BF6N2O4S. The first-order valence-electron chi connectivity index (χ1n) is 12.0. The number of fused-ring (bicyclic) bond motifs is 1. The van der Waals surface area contributed by atoms with Crippen molar-refractivity contribution in [3.05, 3.63) is 102 Å². The van der Waals surface area contributed by atoms with E-state index in [1.54, 1.807) is 30.5 Å². The van der Waals surface area contributed by atoms with Crippen molar-refractivity contribution in [2.45, 2.75) is 29.7 Å². The Hall–Kier alpha value is -4.04. The summed E-state index contributed by atoms with van der Waals surface area (Å²) in [6.45, 7) is 3.59. The predicted octanol–water partition coefficient (Wildman–Crippen LogP) is 5.40. The van der Waals surface area contributed by atoms with Gasteiger partial charge in [0.05, 0.1) is 16.0 Å². The van der Waals surface area contributed by atoms with Gasteiger partial charge in [-0.15, -0.1) is 0 Å². The molecule has 0 unspecified atom stereocenters. The zero-order valence-electron chi connectivity index (χ0n) is 20.8. The fourth-order valence-corrected chi connectivity index (χ4v) is 6.35. The van der Waals surface area contributed by atoms with Crippen LogP contribution in [0, 0.1) is 0 Å². The van der Waals surface area contributed by atoms with Gasteiger partial charge in [0, 0.05) is 23.5 Å². The van der Waals surface area contributed by atoms with Crippen LogP contribution in [0.5, 0.6) is 0 Å². The van der Waals surface area contributed by atoms with Crippen molar-refractivity contribution in [1.82, 2.24) is 9.20 Å². The van der Waals surface area contributed by atoms with Crippen molar-refractivity contribution in [2.24, 2.45) is 0 Å². The largest absolute Gasteiger partial charge is 0.514 e. The predicted molar refractivity (Wildman–Crippen MR) is 139 cm³/mol. The summed E-state index contributed by atoms with van der Waals surface area (Å²) in [5, 5.41) is 0.648. The van der Waals surface area contributed by atoms with Crippen LogP contribution in [0.4, 0.5) is 26.3 Å². The van der Waals surface area contributed by atoms with Gasteiger partial charge in [0.2, 0.25) is 10.0 Å². The zero-order valence-corrected chi connectivity index (χ0v) is 21.6. The van der Waals surface area contributed by atoms with E-state index in [1.807, 2.05) is 0 Å². The second kappa shape index (κ2) is 10.1. The smallest absolute Gasteiger partial charge is 0.502 e. The molecule has 0 radical (unpaired) electrons. The Kier molecular flexibility index (Phi) is 7.02. The molecule has 1 fully saturated rings. The highest BCUT2D eigenvalue weighted by atomic mass is 32.2. The summed E-state index contributed by atoms with van der Waals surface area (Å²) in [7, 11) is -6.82. The lowest BCUT2D eigenvalue weighted by Crippen LogP contribution is -2.52. The average molecular weight is 592 g/mol. The second-order valence-corrected chi connectivity index (χ2v) is 11.2. The number of aromatic nitrogens is 1. The minimum atomic E-state index is -5.20. The Morgan fingerprint density at radius 1 is 0.951 bits per heavy atom. The number of rotatable bonds is 6. The molecule has 1 aromatic heterocycles. The molecule has 14 heteroatoms. The van der Waals surface area contributed by atoms with Gasteiger partial charge < -0.3 is 9.64 Å². The standard InChI is InChI=1S/C27H19BF6N2O4S/c1-2-16-7-9-21(10-8-16)41(38,39)36-24(11-17-15-35-23-6-4-3-5-22(17)23)25(37)40-28(36)20-13-18(26(29,30)31)12-19(14-20)27(32,33)34/h2-10,12-15,24,35H,1,11H2/t24-/m0/s1. The Bertz CT molecular complexity index is 1720. The van der Waals surface area contributed by atoms with Crippen LogP contribution < -0.4 is 5.46 Å². The summed E-state index contributed by atoms with van der Waals surface area (Å²) in [5.74, 6) is -1.13. The van der Waals surface area contributed by atoms with Gasteiger partial charge in [-0.25, -0.2) is 8.42 Å². The lowest BCUT2D eigenvalue weighted by atomic mass is 9.72. The molecule has 1 aliphatic rings. The number of nitrogens with one attached hydrogen (secondary N) is 1. The molecule has 2 heterocycles. The number of aromatic amines is 1. The van der Waals surface area contributed by atoms with Crippen molar-refractivity contribution >= 4 is 45.5 Å². The van der Waals surface area contributed by atoms with E-state index >= 15 is 0 Å². The van der Waals surface area contributed by atoms with E-state index in [1.165, 1.54) is 30.3 Å². The van der Waals surface area contributed by atoms with Crippen molar-refractivity contribution in [3.63, 3.8) is 0 Å². The number of halogens is 6. The maximum atomic E-state index is 13.9. The van der Waals surface area contributed by atoms with Crippen molar-refractivity contribution in [3.8, 4) is 0 Å². The summed E-state index contributed by atoms with van der Waals surface area (Å²) < 4.78 is 115. The van der Waals surface area contributed by atoms with E-state index in [4.69, 9.17) is 4.65 Å². The maximum Gasteiger partial charge on any atom is 0.502 e. The first-order valence-corrected chi connectivity index (χ1v) is 13.4. The van der Waals surface area contributed by atoms with E-state index in [0.29, 0.717) is 38.4 Å². The van der Waals surface area contributed by atoms with Crippen LogP contribution in [0.25, 0.3) is 17.0 Å². The number of para-hydroxylation sites is 1. The summed E-state index contributed by atoms with van der Waals surface area (Å²) in [6.07, 6.45) is -7.68. The quantitative estimate of drug-likeness (QED) is 0.240. The number of hydrogen-bond acceptors (Lipinski definition) is 4. The molecule has 0 saturated carbocycles. The summed E-state index contributed by atoms with van der Waals surface area (Å²) >= 11 is 0. The van der Waals surface area contributed by atoms with Gasteiger partial charge in [-0.3, -0.25) is 4.79 Å². The molecule has 6 nitrogen and oxygen atoms in total. The van der Waals surface area contributed by atoms with Crippen molar-refractivity contribution in [1.29, 1.82) is 0 Å². The first kappa shape index (κ1) is 28.5. The van der Waals surface area contributed by atoms with Crippen LogP contribution in [0.3, 0.4) is 0 Å². The molecule has 1 atom stereocenters. The molecule has 41 heavy (non-hydrogen) atoms. The Morgan fingerprint density at radius 3 is 2.15 bits per heavy atom. The molecule has 0 spiro atoms. The van der Waals surface area contributed by atoms with Gasteiger partial charge in [-0.1, -0.05) is 55.1 Å². The Labute approximate surface area is 230 Å². The molecular weight excluding hydrogens is 573 g/mol. The average Bonchev–Trinajstić information content (AvgIpc) is 3.49. The van der Waals surface area contributed by atoms with Crippen LogP contribution in [0.2, 0.25) is 0 Å². The molecule has 4 aromatic rings. The van der Waals surface area contributed by atoms with E-state index in [0.717, 1.165) is 0 Å². The molecule has 212 valence electrons. The van der Waals surface area contributed by atoms with Crippen molar-refractivity contribution in [2.75, 3.05) is 0 Å². The summed E-state index contributed by atoms with van der Waals surface area (Å²) in [4.78, 5) is 15.8. The SMILES string of the molecule is C=Cc1ccc(S(=O)(=O)N2B(c3cc(C(F)(F)F)cc(C(F)(F)F)c3)OC(=O)[C@@H]2Cc2c[nH]c3ccccc23)cc1. The highest BCUT2D eigenvalue weighted by Crippen LogP contribution is 2.36. The fraction of sp³-hybridized carbons (Fsp3) is 0.148. The van der Waals surface area contributed by atoms with Crippen LogP contribution in [0.1, 0.15) is 22.3 Å². The topological polar surface area (TPSA) is 79.5 Å². The minimum absolute atomic E-state index is 0.0868. The van der Waals surface area contributed by atoms with Crippen molar-refractivity contribution < 1.29 is 44.2 Å². The van der Waals surface area contributed by atoms with Crippen LogP contribution >= 0.6 is 0 Å². The summed E-state index contributed by atoms with van der Waals surface area (Å²) in [6, 6.07) is 11.1. The summed E-state index contributed by atoms with van der Waals surface area (Å²) in [5.41, 5.74) is -2.43. The third-order valence-electron chi connectivity index (χ3n) is 6.71. The lowest BCUT2D eigenvalue weighted by molar-refractivity contribution is -0.143. The molecule has 0 bridgehead atoms. The monoisotopic (exact) mass is 592 g/mol. The van der Waals surface area contributed by atoms with Gasteiger partial charge in [-0.2, -0.15) is 30.6 Å². The maximum absolute atomic E-state index is 13.9. The van der Waals surface area contributed by atoms with Crippen LogP contribution in [0.15, 0.2) is 84.4 Å². The van der Waals surface area contributed by atoms with Gasteiger partial charge in [-0.05, 0) is 40.9 Å². The van der Waals surface area contributed by atoms with E-state index in [9.17, 15) is 39.6 Å². The minimum Gasteiger partial charge on any atom is -0.514 e. The van der Waals surface area contributed by atoms with Gasteiger partial charge in [0.1, 0.15) is 6.04 Å². The third kappa shape index (κ3) is 5.36. The lowest BCUT2D eigenvalue weighted by Gasteiger charge is -2.24. The number of hydrogen-bond donors (Lipinski definition) is 1. The van der Waals surface area contributed by atoms with Crippen LogP contribution in [-0.2, 0) is 38.2 Å². The number of benzene rings is 3. The Balaban J connectivity index is 1.68. The van der Waals surface area contributed by atoms with E-state index in [-0.39, 0.29) is 17.4 Å². The first-order chi connectivity index (χ1) is 19.2. The molecule has 0 aliphatic carbocycles. The zero-order chi connectivity index (χ0) is 29.7. The Morgan fingerprint density at radius 2 is 1.56 bits per heavy atom. The molecule has 5 rings (SSSR count). The van der Waals surface area contributed by atoms with E-state index in [2.05, 4.69) is 11.6 Å². The highest BCUT2D eigenvalue weighted by molar-refractivity contribution is 7.90. The van der Waals surface area contributed by atoms with Gasteiger partial charge >= 0.3 is 25.4 Å². The number of H-pyrrole nitrogens is 1. The van der Waals surface area contributed by atoms with Gasteiger partial charge in [0.25, 0.3) is 0 Å². The molecule has 1 aliphatic heterocycles. The molecule has 3 aromatic carbocycles. The number of alkyl halides is 6. The molecule has 1 N–H and O–H groups in total. The molecule has 1 saturated heterocycles. The normalized spacial score (nSPS) is 16.8. The third-order valence-corrected chi connectivity index (χ3v) is 8.58. The fourth-order valence-electron chi connectivity index (χ4n) is 4.72. The number of carbonyl (C=O) groups excluding carboxylic acids is 1. The number of nitrogens with zero attached hydrogens (tertiary/aromatic N) is 1. The molecule has 0 amide bonds. The van der Waals surface area contributed by atoms with E-state index < -0.39 is 58.0 Å². The second-order valence-electron chi connectivity index (χ2n) is 9.32.